The molecule has 0 fully saturated rings. The molecule has 2 atom stereocenters. The average molecular weight is 279 g/mol. The molecule has 19 heavy (non-hydrogen) atoms. The van der Waals surface area contributed by atoms with Gasteiger partial charge in [0.05, 0.1) is 17.7 Å². The number of alkyl halides is 3. The van der Waals surface area contributed by atoms with Crippen molar-refractivity contribution in [1.29, 1.82) is 0 Å². The molecule has 3 N–H and O–H groups in total. The van der Waals surface area contributed by atoms with Crippen LogP contribution in [-0.4, -0.2) is 11.2 Å². The summed E-state index contributed by atoms with van der Waals surface area (Å²) in [5.41, 5.74) is 3.03. The first-order valence-electron chi connectivity index (χ1n) is 5.75. The summed E-state index contributed by atoms with van der Waals surface area (Å²) in [5, 5.41) is 9.96. The minimum absolute atomic E-state index is 0.697. The quantitative estimate of drug-likeness (QED) is 0.816. The zero-order chi connectivity index (χ0) is 15.0. The number of hydrogen-bond donors (Lipinski definition) is 2. The van der Waals surface area contributed by atoms with Crippen molar-refractivity contribution in [3.05, 3.63) is 35.1 Å². The summed E-state index contributed by atoms with van der Waals surface area (Å²) >= 11 is 0. The van der Waals surface area contributed by atoms with Gasteiger partial charge in [-0.2, -0.15) is 13.2 Å². The van der Waals surface area contributed by atoms with E-state index in [1.54, 1.807) is 20.8 Å². The van der Waals surface area contributed by atoms with Gasteiger partial charge in [-0.1, -0.05) is 26.8 Å². The second kappa shape index (κ2) is 5.09. The van der Waals surface area contributed by atoms with Crippen molar-refractivity contribution in [2.45, 2.75) is 39.1 Å². The number of aliphatic hydroxyl groups excluding tert-OH is 1. The molecule has 6 heteroatoms. The van der Waals surface area contributed by atoms with E-state index in [9.17, 15) is 22.7 Å². The highest BCUT2D eigenvalue weighted by atomic mass is 19.4. The molecule has 0 unspecified atom stereocenters. The van der Waals surface area contributed by atoms with E-state index in [1.165, 1.54) is 0 Å². The van der Waals surface area contributed by atoms with Crippen LogP contribution in [0, 0.1) is 11.2 Å². The Labute approximate surface area is 109 Å². The molecule has 0 aliphatic heterocycles. The Morgan fingerprint density at radius 1 is 1.16 bits per heavy atom. The van der Waals surface area contributed by atoms with Gasteiger partial charge in [0.1, 0.15) is 5.82 Å². The second-order valence-corrected chi connectivity index (χ2v) is 5.54. The van der Waals surface area contributed by atoms with Crippen LogP contribution in [0.25, 0.3) is 0 Å². The third kappa shape index (κ3) is 3.45. The summed E-state index contributed by atoms with van der Waals surface area (Å²) < 4.78 is 52.2. The molecule has 0 spiro atoms. The van der Waals surface area contributed by atoms with Crippen molar-refractivity contribution < 1.29 is 22.7 Å². The van der Waals surface area contributed by atoms with E-state index in [0.29, 0.717) is 0 Å². The lowest BCUT2D eigenvalue weighted by atomic mass is 9.81. The van der Waals surface area contributed by atoms with Gasteiger partial charge in [-0.15, -0.1) is 0 Å². The first-order valence-corrected chi connectivity index (χ1v) is 5.75. The van der Waals surface area contributed by atoms with Crippen LogP contribution in [0.5, 0.6) is 0 Å². The monoisotopic (exact) mass is 279 g/mol. The topological polar surface area (TPSA) is 46.2 Å². The predicted molar refractivity (Wildman–Crippen MR) is 63.8 cm³/mol. The molecular weight excluding hydrogens is 262 g/mol. The summed E-state index contributed by atoms with van der Waals surface area (Å²) in [5.74, 6) is -1.06. The summed E-state index contributed by atoms with van der Waals surface area (Å²) in [4.78, 5) is 0. The molecular formula is C13H17F4NO. The predicted octanol–water partition coefficient (Wildman–Crippen LogP) is 3.25. The Kier molecular flexibility index (Phi) is 4.27. The zero-order valence-corrected chi connectivity index (χ0v) is 10.9. The molecule has 1 aromatic rings. The molecule has 0 radical (unpaired) electrons. The molecule has 0 bridgehead atoms. The number of nitrogens with two attached hydrogens (primary N) is 1. The molecule has 0 saturated carbocycles. The zero-order valence-electron chi connectivity index (χ0n) is 10.9. The smallest absolute Gasteiger partial charge is 0.391 e. The Morgan fingerprint density at radius 2 is 1.68 bits per heavy atom. The summed E-state index contributed by atoms with van der Waals surface area (Å²) in [6.45, 7) is 4.85. The Balaban J connectivity index is 3.34. The van der Waals surface area contributed by atoms with Crippen LogP contribution < -0.4 is 5.73 Å². The largest absolute Gasteiger partial charge is 0.416 e. The summed E-state index contributed by atoms with van der Waals surface area (Å²) in [6.07, 6.45) is -6.02. The maximum absolute atomic E-state index is 13.7. The van der Waals surface area contributed by atoms with Gasteiger partial charge in [-0.05, 0) is 17.5 Å². The maximum Gasteiger partial charge on any atom is 0.416 e. The Hall–Kier alpha value is -1.14. The highest BCUT2D eigenvalue weighted by molar-refractivity contribution is 5.34. The second-order valence-electron chi connectivity index (χ2n) is 5.54. The molecule has 1 rings (SSSR count). The van der Waals surface area contributed by atoms with Crippen LogP contribution in [0.15, 0.2) is 18.2 Å². The van der Waals surface area contributed by atoms with E-state index < -0.39 is 40.7 Å². The van der Waals surface area contributed by atoms with Crippen LogP contribution >= 0.6 is 0 Å². The SMILES string of the molecule is CC(C)(C)[C@H](O)[C@H](N)c1c(F)cccc1C(F)(F)F. The standard InChI is InChI=1S/C13H17F4NO/c1-12(2,3)11(19)10(18)9-7(13(15,16)17)5-4-6-8(9)14/h4-6,10-11,19H,18H2,1-3H3/t10-,11-/m1/s1. The van der Waals surface area contributed by atoms with Crippen LogP contribution in [0.4, 0.5) is 17.6 Å². The fourth-order valence-electron chi connectivity index (χ4n) is 1.82. The van der Waals surface area contributed by atoms with Gasteiger partial charge in [-0.25, -0.2) is 4.39 Å². The molecule has 1 aromatic carbocycles. The van der Waals surface area contributed by atoms with E-state index in [0.717, 1.165) is 18.2 Å². The Bertz CT molecular complexity index is 451. The third-order valence-corrected chi connectivity index (χ3v) is 2.92. The summed E-state index contributed by atoms with van der Waals surface area (Å²) in [7, 11) is 0. The molecule has 0 aliphatic carbocycles. The van der Waals surface area contributed by atoms with Crippen LogP contribution in [0.3, 0.4) is 0 Å². The fourth-order valence-corrected chi connectivity index (χ4v) is 1.82. The van der Waals surface area contributed by atoms with E-state index in [4.69, 9.17) is 5.73 Å². The van der Waals surface area contributed by atoms with Crippen molar-refractivity contribution in [3.63, 3.8) is 0 Å². The number of aliphatic hydroxyl groups is 1. The van der Waals surface area contributed by atoms with Gasteiger partial charge in [0.15, 0.2) is 0 Å². The van der Waals surface area contributed by atoms with Gasteiger partial charge in [-0.3, -0.25) is 0 Å². The van der Waals surface area contributed by atoms with Crippen molar-refractivity contribution in [3.8, 4) is 0 Å². The van der Waals surface area contributed by atoms with E-state index in [1.807, 2.05) is 0 Å². The number of halogens is 4. The van der Waals surface area contributed by atoms with Gasteiger partial charge in [0.25, 0.3) is 0 Å². The summed E-state index contributed by atoms with van der Waals surface area (Å²) in [6, 6.07) is 1.18. The molecule has 0 amide bonds. The van der Waals surface area contributed by atoms with Crippen LogP contribution in [0.2, 0.25) is 0 Å². The highest BCUT2D eigenvalue weighted by Gasteiger charge is 2.39. The molecule has 0 saturated heterocycles. The van der Waals surface area contributed by atoms with Crippen LogP contribution in [-0.2, 0) is 6.18 Å². The number of rotatable bonds is 2. The molecule has 0 aromatic heterocycles. The maximum atomic E-state index is 13.7. The molecule has 108 valence electrons. The van der Waals surface area contributed by atoms with E-state index in [2.05, 4.69) is 0 Å². The van der Waals surface area contributed by atoms with Crippen molar-refractivity contribution in [2.75, 3.05) is 0 Å². The third-order valence-electron chi connectivity index (χ3n) is 2.92. The van der Waals surface area contributed by atoms with E-state index in [-0.39, 0.29) is 0 Å². The van der Waals surface area contributed by atoms with Gasteiger partial charge in [0.2, 0.25) is 0 Å². The number of hydrogen-bond acceptors (Lipinski definition) is 2. The minimum Gasteiger partial charge on any atom is -0.391 e. The molecule has 2 nitrogen and oxygen atoms in total. The van der Waals surface area contributed by atoms with Crippen LogP contribution in [0.1, 0.15) is 37.9 Å². The normalized spacial score (nSPS) is 16.3. The molecule has 0 heterocycles. The first-order chi connectivity index (χ1) is 8.46. The average Bonchev–Trinajstić information content (AvgIpc) is 2.24. The number of benzene rings is 1. The van der Waals surface area contributed by atoms with Crippen molar-refractivity contribution >= 4 is 0 Å². The lowest BCUT2D eigenvalue weighted by Crippen LogP contribution is -2.38. The Morgan fingerprint density at radius 3 is 2.11 bits per heavy atom. The first kappa shape index (κ1) is 15.9. The van der Waals surface area contributed by atoms with Gasteiger partial charge < -0.3 is 10.8 Å². The lowest BCUT2D eigenvalue weighted by molar-refractivity contribution is -0.139. The molecule has 0 aliphatic rings. The highest BCUT2D eigenvalue weighted by Crippen LogP contribution is 2.38. The van der Waals surface area contributed by atoms with Crippen molar-refractivity contribution in [2.24, 2.45) is 11.1 Å². The minimum atomic E-state index is -4.72. The lowest BCUT2D eigenvalue weighted by Gasteiger charge is -2.32. The van der Waals surface area contributed by atoms with E-state index >= 15 is 0 Å². The van der Waals surface area contributed by atoms with Gasteiger partial charge in [0, 0.05) is 5.56 Å². The fraction of sp³-hybridized carbons (Fsp3) is 0.538. The van der Waals surface area contributed by atoms with Crippen molar-refractivity contribution in [1.82, 2.24) is 0 Å². The van der Waals surface area contributed by atoms with Gasteiger partial charge >= 0.3 is 6.18 Å².